The summed E-state index contributed by atoms with van der Waals surface area (Å²) in [6.07, 6.45) is 3.68. The van der Waals surface area contributed by atoms with E-state index in [0.29, 0.717) is 9.79 Å². The van der Waals surface area contributed by atoms with Gasteiger partial charge in [0.05, 0.1) is 16.7 Å². The Labute approximate surface area is 162 Å². The van der Waals surface area contributed by atoms with Crippen LogP contribution in [-0.2, 0) is 9.84 Å². The third-order valence-corrected chi connectivity index (χ3v) is 7.61. The molecule has 0 saturated heterocycles. The molecule has 26 heavy (non-hydrogen) atoms. The van der Waals surface area contributed by atoms with Gasteiger partial charge in [0.25, 0.3) is 0 Å². The average Bonchev–Trinajstić information content (AvgIpc) is 2.74. The second-order valence-electron chi connectivity index (χ2n) is 7.21. The Morgan fingerprint density at radius 2 is 1.88 bits per heavy atom. The highest BCUT2D eigenvalue weighted by molar-refractivity contribution is 7.91. The smallest absolute Gasteiger partial charge is 0.180 e. The number of benzene rings is 2. The van der Waals surface area contributed by atoms with Crippen LogP contribution in [0.3, 0.4) is 0 Å². The Morgan fingerprint density at radius 1 is 1.15 bits per heavy atom. The van der Waals surface area contributed by atoms with Crippen molar-refractivity contribution in [1.29, 1.82) is 0 Å². The van der Waals surface area contributed by atoms with Crippen LogP contribution in [0, 0.1) is 0 Å². The van der Waals surface area contributed by atoms with Gasteiger partial charge in [-0.05, 0) is 36.1 Å². The molecule has 3 rings (SSSR count). The van der Waals surface area contributed by atoms with Gasteiger partial charge in [-0.1, -0.05) is 63.1 Å². The van der Waals surface area contributed by atoms with Gasteiger partial charge >= 0.3 is 0 Å². The van der Waals surface area contributed by atoms with Crippen molar-refractivity contribution >= 4 is 22.5 Å². The van der Waals surface area contributed by atoms with E-state index in [-0.39, 0.29) is 11.8 Å². The summed E-state index contributed by atoms with van der Waals surface area (Å²) in [6.45, 7) is 4.23. The van der Waals surface area contributed by atoms with Crippen LogP contribution in [0.15, 0.2) is 58.3 Å². The third-order valence-electron chi connectivity index (χ3n) is 5.38. The van der Waals surface area contributed by atoms with E-state index < -0.39 is 15.4 Å². The zero-order valence-electron chi connectivity index (χ0n) is 15.4. The SMILES string of the molecule is CCCC[C@]1(CC)CS(=O)(=O)c2cc(S)ccc2C(c2ccccc2)N1. The molecule has 140 valence electrons. The average molecular weight is 390 g/mol. The molecule has 2 aromatic rings. The number of nitrogens with one attached hydrogen (secondary N) is 1. The Kier molecular flexibility index (Phi) is 5.80. The van der Waals surface area contributed by atoms with E-state index in [4.69, 9.17) is 0 Å². The van der Waals surface area contributed by atoms with E-state index in [2.05, 4.69) is 43.9 Å². The van der Waals surface area contributed by atoms with Gasteiger partial charge in [0.1, 0.15) is 0 Å². The maximum Gasteiger partial charge on any atom is 0.180 e. The molecule has 1 aliphatic heterocycles. The summed E-state index contributed by atoms with van der Waals surface area (Å²) in [5.74, 6) is 0.129. The van der Waals surface area contributed by atoms with Gasteiger partial charge in [-0.25, -0.2) is 8.42 Å². The maximum absolute atomic E-state index is 13.3. The monoisotopic (exact) mass is 389 g/mol. The molecule has 0 bridgehead atoms. The number of sulfone groups is 1. The lowest BCUT2D eigenvalue weighted by Crippen LogP contribution is -2.50. The van der Waals surface area contributed by atoms with E-state index in [1.54, 1.807) is 6.07 Å². The minimum atomic E-state index is -3.40. The number of hydrogen-bond acceptors (Lipinski definition) is 4. The van der Waals surface area contributed by atoms with Gasteiger partial charge in [0.2, 0.25) is 0 Å². The van der Waals surface area contributed by atoms with Crippen molar-refractivity contribution < 1.29 is 8.42 Å². The lowest BCUT2D eigenvalue weighted by Gasteiger charge is -2.35. The van der Waals surface area contributed by atoms with Crippen molar-refractivity contribution in [1.82, 2.24) is 5.32 Å². The summed E-state index contributed by atoms with van der Waals surface area (Å²) < 4.78 is 26.6. The molecule has 1 aliphatic rings. The summed E-state index contributed by atoms with van der Waals surface area (Å²) in [5.41, 5.74) is 1.48. The van der Waals surface area contributed by atoms with Crippen LogP contribution in [0.1, 0.15) is 56.7 Å². The Morgan fingerprint density at radius 3 is 2.54 bits per heavy atom. The van der Waals surface area contributed by atoms with Crippen molar-refractivity contribution in [3.63, 3.8) is 0 Å². The van der Waals surface area contributed by atoms with Gasteiger partial charge in [0, 0.05) is 10.4 Å². The summed E-state index contributed by atoms with van der Waals surface area (Å²) in [6, 6.07) is 15.5. The second kappa shape index (κ2) is 7.75. The molecule has 1 N–H and O–H groups in total. The first-order chi connectivity index (χ1) is 12.4. The Hall–Kier alpha value is -1.30. The Bertz CT molecular complexity index is 865. The van der Waals surface area contributed by atoms with Crippen molar-refractivity contribution in [2.24, 2.45) is 0 Å². The highest BCUT2D eigenvalue weighted by Crippen LogP contribution is 2.38. The van der Waals surface area contributed by atoms with Crippen LogP contribution < -0.4 is 5.32 Å². The second-order valence-corrected chi connectivity index (χ2v) is 9.68. The van der Waals surface area contributed by atoms with Crippen LogP contribution in [0.4, 0.5) is 0 Å². The van der Waals surface area contributed by atoms with Gasteiger partial charge in [-0.15, -0.1) is 12.6 Å². The number of rotatable bonds is 5. The molecular formula is C21H27NO2S2. The van der Waals surface area contributed by atoms with Crippen LogP contribution in [0.5, 0.6) is 0 Å². The zero-order valence-corrected chi connectivity index (χ0v) is 17.1. The van der Waals surface area contributed by atoms with E-state index in [0.717, 1.165) is 36.8 Å². The first-order valence-corrected chi connectivity index (χ1v) is 11.4. The maximum atomic E-state index is 13.3. The molecule has 0 aliphatic carbocycles. The number of fused-ring (bicyclic) bond motifs is 1. The van der Waals surface area contributed by atoms with E-state index in [1.165, 1.54) is 0 Å². The lowest BCUT2D eigenvalue weighted by atomic mass is 9.88. The molecular weight excluding hydrogens is 362 g/mol. The molecule has 1 unspecified atom stereocenters. The zero-order chi connectivity index (χ0) is 18.8. The van der Waals surface area contributed by atoms with Crippen LogP contribution in [0.25, 0.3) is 0 Å². The molecule has 0 aromatic heterocycles. The van der Waals surface area contributed by atoms with Crippen molar-refractivity contribution in [2.45, 2.75) is 60.9 Å². The minimum absolute atomic E-state index is 0.129. The molecule has 2 atom stereocenters. The molecule has 0 radical (unpaired) electrons. The predicted molar refractivity (Wildman–Crippen MR) is 110 cm³/mol. The molecule has 2 aromatic carbocycles. The lowest BCUT2D eigenvalue weighted by molar-refractivity contribution is 0.295. The standard InChI is InChI=1S/C21H27NO2S2/c1-3-5-13-21(4-2)15-26(23,24)19-14-17(25)11-12-18(19)20(22-21)16-9-7-6-8-10-16/h6-12,14,20,22,25H,3-5,13,15H2,1-2H3/t20?,21-/m1/s1. The van der Waals surface area contributed by atoms with Gasteiger partial charge in [-0.3, -0.25) is 5.32 Å². The molecule has 5 heteroatoms. The summed E-state index contributed by atoms with van der Waals surface area (Å²) in [5, 5.41) is 3.76. The van der Waals surface area contributed by atoms with Crippen molar-refractivity contribution in [3.05, 3.63) is 59.7 Å². The molecule has 3 nitrogen and oxygen atoms in total. The molecule has 0 saturated carbocycles. The van der Waals surface area contributed by atoms with E-state index in [1.807, 2.05) is 30.3 Å². The fourth-order valence-corrected chi connectivity index (χ4v) is 6.30. The topological polar surface area (TPSA) is 46.2 Å². The number of thiol groups is 1. The molecule has 1 heterocycles. The normalized spacial score (nSPS) is 24.7. The van der Waals surface area contributed by atoms with Crippen molar-refractivity contribution in [3.8, 4) is 0 Å². The summed E-state index contributed by atoms with van der Waals surface area (Å²) >= 11 is 4.39. The van der Waals surface area contributed by atoms with Gasteiger partial charge < -0.3 is 0 Å². The summed E-state index contributed by atoms with van der Waals surface area (Å²) in [4.78, 5) is 1.09. The predicted octanol–water partition coefficient (Wildman–Crippen LogP) is 4.78. The first kappa shape index (κ1) is 19.5. The largest absolute Gasteiger partial charge is 0.300 e. The number of hydrogen-bond donors (Lipinski definition) is 2. The fourth-order valence-electron chi connectivity index (χ4n) is 3.85. The quantitative estimate of drug-likeness (QED) is 0.724. The Balaban J connectivity index is 2.20. The van der Waals surface area contributed by atoms with Crippen LogP contribution in [-0.4, -0.2) is 19.7 Å². The van der Waals surface area contributed by atoms with Crippen molar-refractivity contribution in [2.75, 3.05) is 5.75 Å². The third kappa shape index (κ3) is 3.85. The first-order valence-electron chi connectivity index (χ1n) is 9.29. The highest BCUT2D eigenvalue weighted by atomic mass is 32.2. The van der Waals surface area contributed by atoms with E-state index >= 15 is 0 Å². The minimum Gasteiger partial charge on any atom is -0.300 e. The van der Waals surface area contributed by atoms with E-state index in [9.17, 15) is 8.42 Å². The summed E-state index contributed by atoms with van der Waals surface area (Å²) in [7, 11) is -3.40. The van der Waals surface area contributed by atoms with Crippen LogP contribution >= 0.6 is 12.6 Å². The number of unbranched alkanes of at least 4 members (excludes halogenated alkanes) is 1. The molecule has 0 spiro atoms. The molecule has 0 fully saturated rings. The molecule has 0 amide bonds. The van der Waals surface area contributed by atoms with Gasteiger partial charge in [0.15, 0.2) is 9.84 Å². The fraction of sp³-hybridized carbons (Fsp3) is 0.429. The van der Waals surface area contributed by atoms with Crippen LogP contribution in [0.2, 0.25) is 0 Å². The highest BCUT2D eigenvalue weighted by Gasteiger charge is 2.41. The van der Waals surface area contributed by atoms with Gasteiger partial charge in [-0.2, -0.15) is 0 Å².